The molecule has 3 N–H and O–H groups in total. The summed E-state index contributed by atoms with van der Waals surface area (Å²) < 4.78 is -1.21. The molecule has 3 saturated heterocycles. The van der Waals surface area contributed by atoms with Gasteiger partial charge in [-0.2, -0.15) is 0 Å². The number of halogens is 1. The van der Waals surface area contributed by atoms with Crippen molar-refractivity contribution in [1.82, 2.24) is 4.90 Å². The zero-order chi connectivity index (χ0) is 24.1. The lowest BCUT2D eigenvalue weighted by molar-refractivity contribution is -0.139. The van der Waals surface area contributed by atoms with Crippen LogP contribution in [0.3, 0.4) is 0 Å². The Morgan fingerprint density at radius 3 is 2.50 bits per heavy atom. The van der Waals surface area contributed by atoms with Crippen LogP contribution in [0.2, 0.25) is 5.02 Å². The second-order valence-corrected chi connectivity index (χ2v) is 11.6. The van der Waals surface area contributed by atoms with Gasteiger partial charge >= 0.3 is 0 Å². The minimum Gasteiger partial charge on any atom is -0.395 e. The molecule has 9 heteroatoms. The summed E-state index contributed by atoms with van der Waals surface area (Å²) in [6.07, 6.45) is 1.36. The topological polar surface area (TPSA) is 98.7 Å². The molecule has 5 rings (SSSR count). The maximum atomic E-state index is 13.7. The number of nitrogens with zero attached hydrogens (tertiary/aromatic N) is 1. The van der Waals surface area contributed by atoms with Gasteiger partial charge in [-0.05, 0) is 44.0 Å². The van der Waals surface area contributed by atoms with Gasteiger partial charge in [0.1, 0.15) is 6.04 Å². The number of β-amino-alcohol motifs (C(OH)–C–C–N with tert-alkyl or cyclic N) is 1. The molecule has 3 aliphatic rings. The van der Waals surface area contributed by atoms with Crippen LogP contribution in [-0.2, 0) is 14.4 Å². The minimum atomic E-state index is -0.810. The van der Waals surface area contributed by atoms with Crippen LogP contribution in [0, 0.1) is 11.8 Å². The highest BCUT2D eigenvalue weighted by atomic mass is 35.5. The second-order valence-electron chi connectivity index (χ2n) is 9.31. The summed E-state index contributed by atoms with van der Waals surface area (Å²) in [6.45, 7) is 1.78. The number of hydrogen-bond acceptors (Lipinski definition) is 5. The monoisotopic (exact) mass is 499 g/mol. The van der Waals surface area contributed by atoms with E-state index in [1.54, 1.807) is 36.0 Å². The summed E-state index contributed by atoms with van der Waals surface area (Å²) in [4.78, 5) is 42.3. The number of aliphatic hydroxyl groups is 1. The molecule has 3 aliphatic heterocycles. The lowest BCUT2D eigenvalue weighted by Crippen LogP contribution is -2.52. The summed E-state index contributed by atoms with van der Waals surface area (Å²) in [5.74, 6) is -2.04. The Hall–Kier alpha value is -2.55. The van der Waals surface area contributed by atoms with Gasteiger partial charge in [0, 0.05) is 17.0 Å². The van der Waals surface area contributed by atoms with Crippen molar-refractivity contribution in [3.63, 3.8) is 0 Å². The highest BCUT2D eigenvalue weighted by Gasteiger charge is 2.77. The van der Waals surface area contributed by atoms with Gasteiger partial charge in [0.15, 0.2) is 0 Å². The van der Waals surface area contributed by atoms with Crippen LogP contribution in [0.4, 0.5) is 11.4 Å². The van der Waals surface area contributed by atoms with Crippen molar-refractivity contribution in [2.24, 2.45) is 11.8 Å². The normalized spacial score (nSPS) is 31.4. The van der Waals surface area contributed by atoms with E-state index in [1.165, 1.54) is 4.90 Å². The van der Waals surface area contributed by atoms with E-state index in [-0.39, 0.29) is 30.9 Å². The fourth-order valence-electron chi connectivity index (χ4n) is 5.98. The molecule has 2 bridgehead atoms. The molecule has 2 aromatic carbocycles. The average Bonchev–Trinajstić information content (AvgIpc) is 3.37. The Bertz CT molecular complexity index is 1150. The van der Waals surface area contributed by atoms with E-state index in [0.29, 0.717) is 22.8 Å². The molecule has 3 amide bonds. The molecular formula is C25H26ClN3O4S. The van der Waals surface area contributed by atoms with Crippen LogP contribution >= 0.6 is 23.4 Å². The lowest BCUT2D eigenvalue weighted by atomic mass is 9.66. The molecule has 0 radical (unpaired) electrons. The number of likely N-dealkylation sites (tertiary alicyclic amines) is 1. The van der Waals surface area contributed by atoms with E-state index < -0.39 is 27.4 Å². The number of nitrogens with one attached hydrogen (secondary N) is 2. The summed E-state index contributed by atoms with van der Waals surface area (Å²) in [5, 5.41) is 16.0. The van der Waals surface area contributed by atoms with Crippen molar-refractivity contribution in [3.8, 4) is 0 Å². The number of para-hydroxylation sites is 2. The lowest BCUT2D eigenvalue weighted by Gasteiger charge is -2.34. The van der Waals surface area contributed by atoms with Crippen molar-refractivity contribution in [3.05, 3.63) is 59.6 Å². The molecule has 0 aliphatic carbocycles. The standard InChI is InChI=1S/C25H26ClN3O4S/c1-24-11-12-25(34-24)19(18(24)21(31)27-15-7-3-2-4-8-15)23(33)29(13-14-30)20(25)22(32)28-17-10-6-5-9-16(17)26/h2-10,18-20,30H,11-14H2,1H3,(H,27,31)(H,28,32)/t18-,19+,20?,24+,25?/m1/s1. The van der Waals surface area contributed by atoms with E-state index in [4.69, 9.17) is 11.6 Å². The van der Waals surface area contributed by atoms with Crippen molar-refractivity contribution in [2.75, 3.05) is 23.8 Å². The highest BCUT2D eigenvalue weighted by Crippen LogP contribution is 2.71. The quantitative estimate of drug-likeness (QED) is 0.566. The Kier molecular flexibility index (Phi) is 5.86. The fraction of sp³-hybridized carbons (Fsp3) is 0.400. The van der Waals surface area contributed by atoms with Crippen LogP contribution in [0.25, 0.3) is 0 Å². The molecule has 3 fully saturated rings. The Morgan fingerprint density at radius 2 is 1.79 bits per heavy atom. The third-order valence-corrected chi connectivity index (χ3v) is 9.64. The van der Waals surface area contributed by atoms with Gasteiger partial charge in [0.2, 0.25) is 17.7 Å². The fourth-order valence-corrected chi connectivity index (χ4v) is 8.52. The van der Waals surface area contributed by atoms with Crippen molar-refractivity contribution < 1.29 is 19.5 Å². The smallest absolute Gasteiger partial charge is 0.248 e. The molecule has 0 saturated carbocycles. The number of rotatable bonds is 6. The first-order chi connectivity index (χ1) is 16.3. The Labute approximate surface area is 207 Å². The summed E-state index contributed by atoms with van der Waals surface area (Å²) in [7, 11) is 0. The van der Waals surface area contributed by atoms with E-state index in [2.05, 4.69) is 10.6 Å². The van der Waals surface area contributed by atoms with Gasteiger partial charge in [0.05, 0.1) is 33.9 Å². The molecule has 2 aromatic rings. The predicted molar refractivity (Wildman–Crippen MR) is 133 cm³/mol. The molecule has 0 aromatic heterocycles. The van der Waals surface area contributed by atoms with Gasteiger partial charge in [-0.3, -0.25) is 14.4 Å². The van der Waals surface area contributed by atoms with E-state index >= 15 is 0 Å². The van der Waals surface area contributed by atoms with Gasteiger partial charge in [-0.1, -0.05) is 41.9 Å². The number of fused-ring (bicyclic) bond motifs is 1. The van der Waals surface area contributed by atoms with Crippen LogP contribution < -0.4 is 10.6 Å². The van der Waals surface area contributed by atoms with Crippen molar-refractivity contribution in [2.45, 2.75) is 35.3 Å². The number of benzene rings is 2. The summed E-state index contributed by atoms with van der Waals surface area (Å²) >= 11 is 7.84. The largest absolute Gasteiger partial charge is 0.395 e. The highest BCUT2D eigenvalue weighted by molar-refractivity contribution is 8.02. The molecule has 34 heavy (non-hydrogen) atoms. The Balaban J connectivity index is 1.50. The molecule has 2 unspecified atom stereocenters. The molecule has 7 nitrogen and oxygen atoms in total. The van der Waals surface area contributed by atoms with E-state index in [1.807, 2.05) is 37.3 Å². The number of carbonyl (C=O) groups is 3. The average molecular weight is 500 g/mol. The molecule has 178 valence electrons. The zero-order valence-corrected chi connectivity index (χ0v) is 20.2. The number of aliphatic hydroxyl groups excluding tert-OH is 1. The second kappa shape index (κ2) is 8.59. The van der Waals surface area contributed by atoms with Gasteiger partial charge < -0.3 is 20.6 Å². The van der Waals surface area contributed by atoms with Gasteiger partial charge in [0.25, 0.3) is 0 Å². The first-order valence-corrected chi connectivity index (χ1v) is 12.5. The number of anilines is 2. The maximum Gasteiger partial charge on any atom is 0.248 e. The molecule has 5 atom stereocenters. The number of amides is 3. The third kappa shape index (κ3) is 3.51. The van der Waals surface area contributed by atoms with E-state index in [0.717, 1.165) is 6.42 Å². The number of carbonyl (C=O) groups excluding carboxylic acids is 3. The zero-order valence-electron chi connectivity index (χ0n) is 18.7. The molecule has 3 heterocycles. The van der Waals surface area contributed by atoms with Gasteiger partial charge in [-0.25, -0.2) is 0 Å². The predicted octanol–water partition coefficient (Wildman–Crippen LogP) is 3.39. The summed E-state index contributed by atoms with van der Waals surface area (Å²) in [6, 6.07) is 15.3. The van der Waals surface area contributed by atoms with Crippen molar-refractivity contribution >= 4 is 52.5 Å². The van der Waals surface area contributed by atoms with Crippen LogP contribution in [0.1, 0.15) is 19.8 Å². The van der Waals surface area contributed by atoms with Gasteiger partial charge in [-0.15, -0.1) is 11.8 Å². The Morgan fingerprint density at radius 1 is 1.09 bits per heavy atom. The van der Waals surface area contributed by atoms with Crippen molar-refractivity contribution in [1.29, 1.82) is 0 Å². The molecule has 1 spiro atoms. The third-order valence-electron chi connectivity index (χ3n) is 7.32. The van der Waals surface area contributed by atoms with Crippen LogP contribution in [0.15, 0.2) is 54.6 Å². The first-order valence-electron chi connectivity index (χ1n) is 11.3. The first kappa shape index (κ1) is 23.2. The van der Waals surface area contributed by atoms with Crippen LogP contribution in [0.5, 0.6) is 0 Å². The minimum absolute atomic E-state index is 0.0298. The number of thioether (sulfide) groups is 1. The maximum absolute atomic E-state index is 13.7. The SMILES string of the molecule is C[C@@]12CCC3(S1)C(C(=O)Nc1ccccc1Cl)N(CCO)C(=O)[C@@H]3[C@@H]2C(=O)Nc1ccccc1. The van der Waals surface area contributed by atoms with Crippen LogP contribution in [-0.4, -0.2) is 56.4 Å². The molecular weight excluding hydrogens is 474 g/mol. The summed E-state index contributed by atoms with van der Waals surface area (Å²) in [5.41, 5.74) is 1.14. The number of hydrogen-bond donors (Lipinski definition) is 3. The van der Waals surface area contributed by atoms with E-state index in [9.17, 15) is 19.5 Å².